The van der Waals surface area contributed by atoms with Crippen molar-refractivity contribution in [1.82, 2.24) is 34.7 Å². The van der Waals surface area contributed by atoms with E-state index in [9.17, 15) is 14.3 Å². The Hall–Kier alpha value is -4.16. The molecule has 1 aromatic carbocycles. The van der Waals surface area contributed by atoms with Gasteiger partial charge in [0.25, 0.3) is 0 Å². The SMILES string of the molecule is CC(c1ccnc(Nc2nc3cc(-c4cc(CO)ncn4)c(F)cc3[nH]2)c1)N1CCN(C(=O)OC(C)(C)C)CC1. The third-order valence-electron chi connectivity index (χ3n) is 6.76. The van der Waals surface area contributed by atoms with Crippen molar-refractivity contribution in [1.29, 1.82) is 0 Å². The van der Waals surface area contributed by atoms with E-state index in [-0.39, 0.29) is 24.3 Å². The second-order valence-corrected chi connectivity index (χ2v) is 10.8. The van der Waals surface area contributed by atoms with E-state index >= 15 is 0 Å². The number of anilines is 2. The van der Waals surface area contributed by atoms with Crippen LogP contribution >= 0.6 is 0 Å². The number of pyridine rings is 1. The minimum atomic E-state index is -0.514. The number of piperazine rings is 1. The lowest BCUT2D eigenvalue weighted by Gasteiger charge is -2.38. The summed E-state index contributed by atoms with van der Waals surface area (Å²) in [5, 5.41) is 12.5. The highest BCUT2D eigenvalue weighted by atomic mass is 19.1. The Balaban J connectivity index is 1.27. The quantitative estimate of drug-likeness (QED) is 0.321. The summed E-state index contributed by atoms with van der Waals surface area (Å²) in [5.74, 6) is 0.555. The highest BCUT2D eigenvalue weighted by molar-refractivity contribution is 5.83. The van der Waals surface area contributed by atoms with E-state index in [0.717, 1.165) is 18.7 Å². The number of halogens is 1. The molecule has 11 nitrogen and oxygen atoms in total. The van der Waals surface area contributed by atoms with Crippen LogP contribution in [-0.4, -0.2) is 77.7 Å². The lowest BCUT2D eigenvalue weighted by molar-refractivity contribution is 0.0110. The maximum absolute atomic E-state index is 14.9. The van der Waals surface area contributed by atoms with Crippen molar-refractivity contribution in [2.75, 3.05) is 31.5 Å². The topological polar surface area (TPSA) is 132 Å². The third-order valence-corrected chi connectivity index (χ3v) is 6.76. The molecular formula is C28H33FN8O3. The van der Waals surface area contributed by atoms with Crippen molar-refractivity contribution >= 4 is 28.9 Å². The molecule has 0 radical (unpaired) electrons. The fourth-order valence-electron chi connectivity index (χ4n) is 4.64. The van der Waals surface area contributed by atoms with Gasteiger partial charge in [0.2, 0.25) is 5.95 Å². The number of hydrogen-bond donors (Lipinski definition) is 3. The summed E-state index contributed by atoms with van der Waals surface area (Å²) >= 11 is 0. The van der Waals surface area contributed by atoms with Crippen molar-refractivity contribution in [3.63, 3.8) is 0 Å². The Kier molecular flexibility index (Phi) is 7.63. The normalized spacial score (nSPS) is 15.3. The summed E-state index contributed by atoms with van der Waals surface area (Å²) < 4.78 is 20.4. The molecule has 0 spiro atoms. The van der Waals surface area contributed by atoms with Crippen molar-refractivity contribution in [3.8, 4) is 11.3 Å². The number of carbonyl (C=O) groups is 1. The average molecular weight is 549 g/mol. The lowest BCUT2D eigenvalue weighted by atomic mass is 10.1. The molecule has 1 aliphatic rings. The van der Waals surface area contributed by atoms with Crippen LogP contribution in [0, 0.1) is 5.82 Å². The van der Waals surface area contributed by atoms with Crippen molar-refractivity contribution in [2.24, 2.45) is 0 Å². The van der Waals surface area contributed by atoms with Crippen molar-refractivity contribution in [3.05, 3.63) is 59.9 Å². The molecule has 40 heavy (non-hydrogen) atoms. The van der Waals surface area contributed by atoms with Gasteiger partial charge in [0.05, 0.1) is 29.0 Å². The number of benzene rings is 1. The van der Waals surface area contributed by atoms with Crippen LogP contribution in [0.2, 0.25) is 0 Å². The van der Waals surface area contributed by atoms with E-state index in [4.69, 9.17) is 4.74 Å². The second kappa shape index (κ2) is 11.1. The molecule has 1 fully saturated rings. The predicted octanol–water partition coefficient (Wildman–Crippen LogP) is 4.40. The van der Waals surface area contributed by atoms with Crippen LogP contribution < -0.4 is 5.32 Å². The Labute approximate surface area is 231 Å². The number of hydrogen-bond acceptors (Lipinski definition) is 9. The van der Waals surface area contributed by atoms with Gasteiger partial charge in [-0.05, 0) is 57.5 Å². The highest BCUT2D eigenvalue weighted by Crippen LogP contribution is 2.28. The number of fused-ring (bicyclic) bond motifs is 1. The second-order valence-electron chi connectivity index (χ2n) is 10.8. The number of carbonyl (C=O) groups excluding carboxylic acids is 1. The summed E-state index contributed by atoms with van der Waals surface area (Å²) in [7, 11) is 0. The number of ether oxygens (including phenoxy) is 1. The lowest BCUT2D eigenvalue weighted by Crippen LogP contribution is -2.50. The molecule has 1 saturated heterocycles. The molecule has 4 aromatic rings. The Morgan fingerprint density at radius 2 is 1.93 bits per heavy atom. The highest BCUT2D eigenvalue weighted by Gasteiger charge is 2.28. The van der Waals surface area contributed by atoms with Gasteiger partial charge in [-0.3, -0.25) is 4.90 Å². The maximum atomic E-state index is 14.9. The minimum Gasteiger partial charge on any atom is -0.444 e. The number of rotatable bonds is 6. The predicted molar refractivity (Wildman–Crippen MR) is 148 cm³/mol. The van der Waals surface area contributed by atoms with E-state index in [2.05, 4.69) is 42.1 Å². The van der Waals surface area contributed by atoms with Crippen LogP contribution in [0.3, 0.4) is 0 Å². The first-order valence-corrected chi connectivity index (χ1v) is 13.2. The van der Waals surface area contributed by atoms with Gasteiger partial charge < -0.3 is 25.0 Å². The number of H-pyrrole nitrogens is 1. The first-order valence-electron chi connectivity index (χ1n) is 13.2. The molecule has 1 amide bonds. The first kappa shape index (κ1) is 27.4. The first-order chi connectivity index (χ1) is 19.1. The van der Waals surface area contributed by atoms with Crippen LogP contribution in [0.5, 0.6) is 0 Å². The van der Waals surface area contributed by atoms with Crippen molar-refractivity contribution in [2.45, 2.75) is 45.9 Å². The maximum Gasteiger partial charge on any atom is 0.410 e. The van der Waals surface area contributed by atoms with E-state index in [1.165, 1.54) is 12.4 Å². The van der Waals surface area contributed by atoms with Gasteiger partial charge in [0, 0.05) is 50.0 Å². The molecule has 5 rings (SSSR count). The molecule has 1 aliphatic heterocycles. The van der Waals surface area contributed by atoms with Gasteiger partial charge in [-0.15, -0.1) is 0 Å². The van der Waals surface area contributed by atoms with Gasteiger partial charge in [-0.25, -0.2) is 29.1 Å². The van der Waals surface area contributed by atoms with E-state index in [1.54, 1.807) is 23.2 Å². The summed E-state index contributed by atoms with van der Waals surface area (Å²) in [6.45, 7) is 10.1. The van der Waals surface area contributed by atoms with E-state index in [0.29, 0.717) is 47.3 Å². The van der Waals surface area contributed by atoms with Crippen LogP contribution in [-0.2, 0) is 11.3 Å². The van der Waals surface area contributed by atoms with Crippen LogP contribution in [0.1, 0.15) is 45.0 Å². The van der Waals surface area contributed by atoms with Crippen LogP contribution in [0.25, 0.3) is 22.3 Å². The Morgan fingerprint density at radius 1 is 1.15 bits per heavy atom. The largest absolute Gasteiger partial charge is 0.444 e. The number of nitrogens with zero attached hydrogens (tertiary/aromatic N) is 6. The van der Waals surface area contributed by atoms with Gasteiger partial charge in [-0.1, -0.05) is 0 Å². The van der Waals surface area contributed by atoms with Gasteiger partial charge in [-0.2, -0.15) is 0 Å². The van der Waals surface area contributed by atoms with Crippen molar-refractivity contribution < 1.29 is 19.0 Å². The molecule has 1 unspecified atom stereocenters. The zero-order valence-corrected chi connectivity index (χ0v) is 23.0. The number of imidazole rings is 1. The van der Waals surface area contributed by atoms with Crippen LogP contribution in [0.15, 0.2) is 42.9 Å². The molecule has 210 valence electrons. The number of aliphatic hydroxyl groups excluding tert-OH is 1. The smallest absolute Gasteiger partial charge is 0.410 e. The molecular weight excluding hydrogens is 515 g/mol. The molecule has 0 aliphatic carbocycles. The number of aromatic nitrogens is 5. The van der Waals surface area contributed by atoms with Gasteiger partial charge in [0.1, 0.15) is 23.6 Å². The zero-order chi connectivity index (χ0) is 28.4. The zero-order valence-electron chi connectivity index (χ0n) is 23.0. The fraction of sp³-hybridized carbons (Fsp3) is 0.393. The molecule has 0 bridgehead atoms. The number of amides is 1. The number of aromatic amines is 1. The van der Waals surface area contributed by atoms with Gasteiger partial charge >= 0.3 is 6.09 Å². The van der Waals surface area contributed by atoms with E-state index < -0.39 is 11.4 Å². The molecule has 4 heterocycles. The molecule has 3 N–H and O–H groups in total. The summed E-state index contributed by atoms with van der Waals surface area (Å²) in [5.41, 5.74) is 2.66. The monoisotopic (exact) mass is 548 g/mol. The molecule has 1 atom stereocenters. The summed E-state index contributed by atoms with van der Waals surface area (Å²) in [6, 6.07) is 8.56. The number of aliphatic hydroxyl groups is 1. The standard InChI is InChI=1S/C28H33FN8O3/c1-17(36-7-9-37(10-8-36)27(39)40-28(2,3)4)18-5-6-30-25(11-18)35-26-33-23-13-20(21(29)14-24(23)34-26)22-12-19(15-38)31-16-32-22/h5-6,11-14,16-17,38H,7-10,15H2,1-4H3,(H2,30,33,34,35). The molecule has 12 heteroatoms. The third kappa shape index (κ3) is 6.18. The number of nitrogens with one attached hydrogen (secondary N) is 2. The van der Waals surface area contributed by atoms with E-state index in [1.807, 2.05) is 32.9 Å². The Bertz CT molecular complexity index is 1510. The summed E-state index contributed by atoms with van der Waals surface area (Å²) in [4.78, 5) is 36.7. The Morgan fingerprint density at radius 3 is 2.65 bits per heavy atom. The summed E-state index contributed by atoms with van der Waals surface area (Å²) in [6.07, 6.45) is 2.75. The molecule has 3 aromatic heterocycles. The van der Waals surface area contributed by atoms with Gasteiger partial charge in [0.15, 0.2) is 0 Å². The molecule has 0 saturated carbocycles. The van der Waals surface area contributed by atoms with Crippen LogP contribution in [0.4, 0.5) is 21.0 Å². The fourth-order valence-corrected chi connectivity index (χ4v) is 4.64. The minimum absolute atomic E-state index is 0.105. The average Bonchev–Trinajstić information content (AvgIpc) is 3.32.